The molecule has 4 unspecified atom stereocenters. The van der Waals surface area contributed by atoms with Crippen molar-refractivity contribution in [3.63, 3.8) is 0 Å². The van der Waals surface area contributed by atoms with Gasteiger partial charge in [-0.1, -0.05) is 12.8 Å². The molecule has 2 nitrogen and oxygen atoms in total. The SMILES string of the molecule is O=CC1CCCC(C(F)(F)C2CCCC(C=O)C2)C1. The molecule has 2 fully saturated rings. The monoisotopic (exact) mass is 272 g/mol. The van der Waals surface area contributed by atoms with Crippen molar-refractivity contribution in [2.75, 3.05) is 0 Å². The zero-order valence-corrected chi connectivity index (χ0v) is 11.2. The minimum atomic E-state index is -2.72. The lowest BCUT2D eigenvalue weighted by atomic mass is 9.70. The minimum Gasteiger partial charge on any atom is -0.303 e. The molecule has 0 aromatic heterocycles. The summed E-state index contributed by atoms with van der Waals surface area (Å²) in [5, 5.41) is 0. The van der Waals surface area contributed by atoms with E-state index in [9.17, 15) is 18.4 Å². The fourth-order valence-corrected chi connectivity index (χ4v) is 3.73. The van der Waals surface area contributed by atoms with Gasteiger partial charge in [0.25, 0.3) is 5.92 Å². The zero-order chi connectivity index (χ0) is 13.9. The highest BCUT2D eigenvalue weighted by molar-refractivity contribution is 5.54. The Bertz CT molecular complexity index is 300. The summed E-state index contributed by atoms with van der Waals surface area (Å²) in [4.78, 5) is 21.6. The molecule has 0 spiro atoms. The minimum absolute atomic E-state index is 0.199. The highest BCUT2D eigenvalue weighted by Crippen LogP contribution is 2.47. The molecule has 19 heavy (non-hydrogen) atoms. The van der Waals surface area contributed by atoms with E-state index < -0.39 is 17.8 Å². The van der Waals surface area contributed by atoms with Crippen molar-refractivity contribution < 1.29 is 18.4 Å². The Morgan fingerprint density at radius 1 is 0.789 bits per heavy atom. The van der Waals surface area contributed by atoms with Gasteiger partial charge in [-0.2, -0.15) is 0 Å². The van der Waals surface area contributed by atoms with E-state index in [0.717, 1.165) is 25.4 Å². The van der Waals surface area contributed by atoms with Crippen molar-refractivity contribution in [1.29, 1.82) is 0 Å². The molecule has 0 aliphatic heterocycles. The third-order valence-corrected chi connectivity index (χ3v) is 4.90. The Hall–Kier alpha value is -0.800. The standard InChI is InChI=1S/C15H22F2O2/c16-15(17,13-5-1-3-11(7-13)9-18)14-6-2-4-12(8-14)10-19/h9-14H,1-8H2. The van der Waals surface area contributed by atoms with Crippen LogP contribution in [-0.2, 0) is 9.59 Å². The largest absolute Gasteiger partial charge is 0.303 e. The molecule has 0 aromatic carbocycles. The molecule has 0 heterocycles. The number of alkyl halides is 2. The van der Waals surface area contributed by atoms with Crippen LogP contribution in [0.2, 0.25) is 0 Å². The van der Waals surface area contributed by atoms with Gasteiger partial charge >= 0.3 is 0 Å². The van der Waals surface area contributed by atoms with Gasteiger partial charge in [-0.15, -0.1) is 0 Å². The van der Waals surface area contributed by atoms with Gasteiger partial charge in [-0.05, 0) is 38.5 Å². The van der Waals surface area contributed by atoms with Crippen LogP contribution in [0.4, 0.5) is 8.78 Å². The van der Waals surface area contributed by atoms with Gasteiger partial charge < -0.3 is 9.59 Å². The molecule has 2 rings (SSSR count). The van der Waals surface area contributed by atoms with Crippen LogP contribution in [0.3, 0.4) is 0 Å². The number of rotatable bonds is 4. The second-order valence-corrected chi connectivity index (χ2v) is 6.19. The Morgan fingerprint density at radius 2 is 1.21 bits per heavy atom. The third kappa shape index (κ3) is 3.21. The van der Waals surface area contributed by atoms with E-state index in [1.807, 2.05) is 0 Å². The van der Waals surface area contributed by atoms with Crippen molar-refractivity contribution in [3.8, 4) is 0 Å². The molecule has 108 valence electrons. The van der Waals surface area contributed by atoms with Gasteiger partial charge in [0.1, 0.15) is 12.6 Å². The van der Waals surface area contributed by atoms with Crippen LogP contribution < -0.4 is 0 Å². The van der Waals surface area contributed by atoms with Crippen molar-refractivity contribution in [2.24, 2.45) is 23.7 Å². The van der Waals surface area contributed by atoms with E-state index in [0.29, 0.717) is 38.5 Å². The molecule has 0 aromatic rings. The zero-order valence-electron chi connectivity index (χ0n) is 11.2. The molecule has 0 amide bonds. The van der Waals surface area contributed by atoms with Crippen LogP contribution >= 0.6 is 0 Å². The highest BCUT2D eigenvalue weighted by atomic mass is 19.3. The van der Waals surface area contributed by atoms with E-state index in [2.05, 4.69) is 0 Å². The fourth-order valence-electron chi connectivity index (χ4n) is 3.73. The second-order valence-electron chi connectivity index (χ2n) is 6.19. The summed E-state index contributed by atoms with van der Waals surface area (Å²) in [5.41, 5.74) is 0. The summed E-state index contributed by atoms with van der Waals surface area (Å²) in [5.74, 6) is -4.47. The maximum Gasteiger partial charge on any atom is 0.253 e. The first kappa shape index (κ1) is 14.6. The number of hydrogen-bond acceptors (Lipinski definition) is 2. The Kier molecular flexibility index (Phi) is 4.69. The van der Waals surface area contributed by atoms with Crippen LogP contribution in [0.15, 0.2) is 0 Å². The third-order valence-electron chi connectivity index (χ3n) is 4.90. The van der Waals surface area contributed by atoms with Gasteiger partial charge in [0.15, 0.2) is 0 Å². The molecule has 0 N–H and O–H groups in total. The average Bonchev–Trinajstić information content (AvgIpc) is 2.47. The second kappa shape index (κ2) is 6.10. The number of hydrogen-bond donors (Lipinski definition) is 0. The lowest BCUT2D eigenvalue weighted by molar-refractivity contribution is -0.142. The predicted molar refractivity (Wildman–Crippen MR) is 68.0 cm³/mol. The Labute approximate surface area is 112 Å². The lowest BCUT2D eigenvalue weighted by Crippen LogP contribution is -2.41. The number of aldehydes is 2. The van der Waals surface area contributed by atoms with Crippen molar-refractivity contribution in [3.05, 3.63) is 0 Å². The Morgan fingerprint density at radius 3 is 1.58 bits per heavy atom. The summed E-state index contributed by atoms with van der Waals surface area (Å²) in [6.07, 6.45) is 6.25. The molecule has 0 radical (unpaired) electrons. The van der Waals surface area contributed by atoms with Crippen LogP contribution in [0.5, 0.6) is 0 Å². The first-order valence-electron chi connectivity index (χ1n) is 7.36. The molecular formula is C15H22F2O2. The van der Waals surface area contributed by atoms with E-state index in [-0.39, 0.29) is 11.8 Å². The van der Waals surface area contributed by atoms with Crippen LogP contribution in [0, 0.1) is 23.7 Å². The van der Waals surface area contributed by atoms with Crippen LogP contribution in [-0.4, -0.2) is 18.5 Å². The van der Waals surface area contributed by atoms with Gasteiger partial charge in [0, 0.05) is 23.7 Å². The summed E-state index contributed by atoms with van der Waals surface area (Å²) in [6, 6.07) is 0. The Balaban J connectivity index is 2.03. The van der Waals surface area contributed by atoms with Gasteiger partial charge in [-0.25, -0.2) is 8.78 Å². The highest BCUT2D eigenvalue weighted by Gasteiger charge is 2.49. The maximum absolute atomic E-state index is 14.6. The first-order valence-corrected chi connectivity index (χ1v) is 7.36. The quantitative estimate of drug-likeness (QED) is 0.732. The summed E-state index contributed by atoms with van der Waals surface area (Å²) in [6.45, 7) is 0. The first-order chi connectivity index (χ1) is 9.07. The lowest BCUT2D eigenvalue weighted by Gasteiger charge is -2.39. The van der Waals surface area contributed by atoms with Gasteiger partial charge in [-0.3, -0.25) is 0 Å². The van der Waals surface area contributed by atoms with E-state index in [1.165, 1.54) is 0 Å². The maximum atomic E-state index is 14.6. The molecule has 2 aliphatic rings. The fraction of sp³-hybridized carbons (Fsp3) is 0.867. The number of carbonyl (C=O) groups excluding carboxylic acids is 2. The molecular weight excluding hydrogens is 250 g/mol. The van der Waals surface area contributed by atoms with Crippen molar-refractivity contribution >= 4 is 12.6 Å². The summed E-state index contributed by atoms with van der Waals surface area (Å²) in [7, 11) is 0. The molecule has 2 aliphatic carbocycles. The van der Waals surface area contributed by atoms with Crippen molar-refractivity contribution in [1.82, 2.24) is 0 Å². The van der Waals surface area contributed by atoms with E-state index in [4.69, 9.17) is 0 Å². The average molecular weight is 272 g/mol. The topological polar surface area (TPSA) is 34.1 Å². The molecule has 0 saturated heterocycles. The molecule has 4 atom stereocenters. The van der Waals surface area contributed by atoms with Gasteiger partial charge in [0.2, 0.25) is 0 Å². The smallest absolute Gasteiger partial charge is 0.253 e. The molecule has 4 heteroatoms. The summed E-state index contributed by atoms with van der Waals surface area (Å²) >= 11 is 0. The predicted octanol–water partition coefficient (Wildman–Crippen LogP) is 3.63. The van der Waals surface area contributed by atoms with Crippen molar-refractivity contribution in [2.45, 2.75) is 57.3 Å². The van der Waals surface area contributed by atoms with Crippen LogP contribution in [0.25, 0.3) is 0 Å². The molecule has 0 bridgehead atoms. The van der Waals surface area contributed by atoms with Crippen LogP contribution in [0.1, 0.15) is 51.4 Å². The number of halogens is 2. The van der Waals surface area contributed by atoms with E-state index >= 15 is 0 Å². The van der Waals surface area contributed by atoms with E-state index in [1.54, 1.807) is 0 Å². The molecule has 2 saturated carbocycles. The number of carbonyl (C=O) groups is 2. The normalized spacial score (nSPS) is 36.7. The summed E-state index contributed by atoms with van der Waals surface area (Å²) < 4.78 is 29.2. The van der Waals surface area contributed by atoms with Gasteiger partial charge in [0.05, 0.1) is 0 Å².